The highest BCUT2D eigenvalue weighted by Gasteiger charge is 2.08. The van der Waals surface area contributed by atoms with E-state index in [1.807, 2.05) is 18.5 Å². The summed E-state index contributed by atoms with van der Waals surface area (Å²) >= 11 is 0. The summed E-state index contributed by atoms with van der Waals surface area (Å²) in [7, 11) is 1.80. The lowest BCUT2D eigenvalue weighted by Gasteiger charge is -2.13. The van der Waals surface area contributed by atoms with Gasteiger partial charge >= 0.3 is 0 Å². The van der Waals surface area contributed by atoms with Crippen LogP contribution < -0.4 is 10.6 Å². The highest BCUT2D eigenvalue weighted by atomic mass is 15.2. The standard InChI is InChI=1S/C25H30N6/c1-3-20-10-7-11-22-21(16-29-24(20)22)12-13-28-25(26-2)30-17-23-27-14-15-31(23)18-19-8-5-4-6-9-19/h4-11,14-16,29H,3,12-13,17-18H2,1-2H3,(H2,26,28,30). The van der Waals surface area contributed by atoms with Crippen LogP contribution in [0.5, 0.6) is 0 Å². The molecular formula is C25H30N6. The largest absolute Gasteiger partial charge is 0.361 e. The zero-order valence-electron chi connectivity index (χ0n) is 18.2. The van der Waals surface area contributed by atoms with Crippen LogP contribution in [-0.4, -0.2) is 34.1 Å². The molecule has 0 aliphatic carbocycles. The van der Waals surface area contributed by atoms with Crippen molar-refractivity contribution in [3.05, 3.63) is 89.6 Å². The van der Waals surface area contributed by atoms with Gasteiger partial charge in [-0.25, -0.2) is 4.98 Å². The number of rotatable bonds is 8. The van der Waals surface area contributed by atoms with Gasteiger partial charge in [-0.3, -0.25) is 4.99 Å². The molecule has 2 aromatic heterocycles. The van der Waals surface area contributed by atoms with Gasteiger partial charge in [0.15, 0.2) is 5.96 Å². The molecule has 0 bridgehead atoms. The van der Waals surface area contributed by atoms with Crippen molar-refractivity contribution in [2.45, 2.75) is 32.9 Å². The van der Waals surface area contributed by atoms with Crippen LogP contribution in [-0.2, 0) is 25.9 Å². The van der Waals surface area contributed by atoms with E-state index in [1.165, 1.54) is 27.6 Å². The SMILES string of the molecule is CCc1cccc2c(CCNC(=NC)NCc3nccn3Cc3ccccc3)c[nH]c12. The molecule has 2 heterocycles. The Kier molecular flexibility index (Phi) is 6.67. The van der Waals surface area contributed by atoms with Gasteiger partial charge < -0.3 is 20.2 Å². The fourth-order valence-electron chi connectivity index (χ4n) is 3.91. The zero-order valence-corrected chi connectivity index (χ0v) is 18.2. The molecule has 6 heteroatoms. The summed E-state index contributed by atoms with van der Waals surface area (Å²) in [5.41, 5.74) is 5.20. The van der Waals surface area contributed by atoms with Gasteiger partial charge in [-0.05, 0) is 29.5 Å². The van der Waals surface area contributed by atoms with Gasteiger partial charge in [0.25, 0.3) is 0 Å². The summed E-state index contributed by atoms with van der Waals surface area (Å²) in [4.78, 5) is 12.3. The average molecular weight is 415 g/mol. The number of H-pyrrole nitrogens is 1. The molecule has 4 aromatic rings. The minimum absolute atomic E-state index is 0.618. The van der Waals surface area contributed by atoms with Crippen molar-refractivity contribution in [2.24, 2.45) is 4.99 Å². The van der Waals surface area contributed by atoms with Crippen LogP contribution in [0.15, 0.2) is 72.1 Å². The Bertz CT molecular complexity index is 1140. The Morgan fingerprint density at radius 3 is 2.74 bits per heavy atom. The fraction of sp³-hybridized carbons (Fsp3) is 0.280. The molecule has 0 fully saturated rings. The minimum atomic E-state index is 0.618. The summed E-state index contributed by atoms with van der Waals surface area (Å²) in [5.74, 6) is 1.76. The molecule has 0 spiro atoms. The van der Waals surface area contributed by atoms with E-state index in [4.69, 9.17) is 0 Å². The fourth-order valence-corrected chi connectivity index (χ4v) is 3.91. The molecule has 31 heavy (non-hydrogen) atoms. The third-order valence-corrected chi connectivity index (χ3v) is 5.59. The second kappa shape index (κ2) is 9.98. The Morgan fingerprint density at radius 2 is 1.94 bits per heavy atom. The number of nitrogens with one attached hydrogen (secondary N) is 3. The number of guanidine groups is 1. The molecular weight excluding hydrogens is 384 g/mol. The number of aromatic amines is 1. The van der Waals surface area contributed by atoms with E-state index >= 15 is 0 Å². The van der Waals surface area contributed by atoms with E-state index < -0.39 is 0 Å². The van der Waals surface area contributed by atoms with Crippen molar-refractivity contribution in [3.63, 3.8) is 0 Å². The van der Waals surface area contributed by atoms with Crippen LogP contribution in [0, 0.1) is 0 Å². The highest BCUT2D eigenvalue weighted by molar-refractivity contribution is 5.86. The van der Waals surface area contributed by atoms with Crippen molar-refractivity contribution in [1.82, 2.24) is 25.2 Å². The van der Waals surface area contributed by atoms with Crippen molar-refractivity contribution < 1.29 is 0 Å². The predicted molar refractivity (Wildman–Crippen MR) is 127 cm³/mol. The molecule has 3 N–H and O–H groups in total. The Morgan fingerprint density at radius 1 is 1.06 bits per heavy atom. The molecule has 160 valence electrons. The minimum Gasteiger partial charge on any atom is -0.361 e. The van der Waals surface area contributed by atoms with Crippen LogP contribution in [0.3, 0.4) is 0 Å². The van der Waals surface area contributed by atoms with E-state index in [-0.39, 0.29) is 0 Å². The maximum atomic E-state index is 4.50. The number of hydrogen-bond donors (Lipinski definition) is 3. The molecule has 0 atom stereocenters. The number of aliphatic imine (C=N–C) groups is 1. The molecule has 4 rings (SSSR count). The van der Waals surface area contributed by atoms with Crippen LogP contribution in [0.2, 0.25) is 0 Å². The Labute approximate surface area is 183 Å². The van der Waals surface area contributed by atoms with Gasteiger partial charge in [-0.1, -0.05) is 55.5 Å². The number of fused-ring (bicyclic) bond motifs is 1. The number of aryl methyl sites for hydroxylation is 1. The van der Waals surface area contributed by atoms with Gasteiger partial charge in [0.2, 0.25) is 0 Å². The molecule has 0 amide bonds. The van der Waals surface area contributed by atoms with Crippen molar-refractivity contribution >= 4 is 16.9 Å². The second-order valence-corrected chi connectivity index (χ2v) is 7.57. The maximum Gasteiger partial charge on any atom is 0.191 e. The number of benzene rings is 2. The predicted octanol–water partition coefficient (Wildman–Crippen LogP) is 3.88. The number of aromatic nitrogens is 3. The topological polar surface area (TPSA) is 70.0 Å². The number of imidazole rings is 1. The summed E-state index contributed by atoms with van der Waals surface area (Å²) in [6.07, 6.45) is 7.95. The van der Waals surface area contributed by atoms with Crippen LogP contribution in [0.1, 0.15) is 29.4 Å². The van der Waals surface area contributed by atoms with Crippen LogP contribution >= 0.6 is 0 Å². The summed E-state index contributed by atoms with van der Waals surface area (Å²) in [6, 6.07) is 16.9. The molecule has 2 aromatic carbocycles. The van der Waals surface area contributed by atoms with Crippen molar-refractivity contribution in [3.8, 4) is 0 Å². The van der Waals surface area contributed by atoms with Gasteiger partial charge in [0, 0.05) is 49.6 Å². The van der Waals surface area contributed by atoms with Gasteiger partial charge in [-0.15, -0.1) is 0 Å². The average Bonchev–Trinajstić information content (AvgIpc) is 3.43. The monoisotopic (exact) mass is 414 g/mol. The molecule has 0 aliphatic heterocycles. The zero-order chi connectivity index (χ0) is 21.5. The molecule has 0 saturated heterocycles. The van der Waals surface area contributed by atoms with Crippen molar-refractivity contribution in [1.29, 1.82) is 0 Å². The van der Waals surface area contributed by atoms with E-state index in [1.54, 1.807) is 7.05 Å². The quantitative estimate of drug-likeness (QED) is 0.303. The summed E-state index contributed by atoms with van der Waals surface area (Å²) < 4.78 is 2.16. The lowest BCUT2D eigenvalue weighted by atomic mass is 10.1. The lowest BCUT2D eigenvalue weighted by Crippen LogP contribution is -2.38. The second-order valence-electron chi connectivity index (χ2n) is 7.57. The molecule has 0 unspecified atom stereocenters. The van der Waals surface area contributed by atoms with Crippen LogP contribution in [0.25, 0.3) is 10.9 Å². The first kappa shape index (κ1) is 20.7. The molecule has 0 saturated carbocycles. The van der Waals surface area contributed by atoms with E-state index in [0.29, 0.717) is 6.54 Å². The summed E-state index contributed by atoms with van der Waals surface area (Å²) in [5, 5.41) is 8.11. The number of para-hydroxylation sites is 1. The van der Waals surface area contributed by atoms with Gasteiger partial charge in [0.1, 0.15) is 5.82 Å². The Balaban J connectivity index is 1.31. The molecule has 6 nitrogen and oxygen atoms in total. The first-order valence-electron chi connectivity index (χ1n) is 10.8. The molecule has 0 aliphatic rings. The van der Waals surface area contributed by atoms with Gasteiger partial charge in [-0.2, -0.15) is 0 Å². The highest BCUT2D eigenvalue weighted by Crippen LogP contribution is 2.22. The van der Waals surface area contributed by atoms with E-state index in [2.05, 4.69) is 85.7 Å². The van der Waals surface area contributed by atoms with E-state index in [0.717, 1.165) is 37.7 Å². The third-order valence-electron chi connectivity index (χ3n) is 5.59. The number of nitrogens with zero attached hydrogens (tertiary/aromatic N) is 3. The first-order chi connectivity index (χ1) is 15.3. The smallest absolute Gasteiger partial charge is 0.191 e. The molecule has 0 radical (unpaired) electrons. The first-order valence-corrected chi connectivity index (χ1v) is 10.8. The van der Waals surface area contributed by atoms with E-state index in [9.17, 15) is 0 Å². The van der Waals surface area contributed by atoms with Gasteiger partial charge in [0.05, 0.1) is 6.54 Å². The van der Waals surface area contributed by atoms with Crippen molar-refractivity contribution in [2.75, 3.05) is 13.6 Å². The maximum absolute atomic E-state index is 4.50. The summed E-state index contributed by atoms with van der Waals surface area (Å²) in [6.45, 7) is 4.43. The Hall–Kier alpha value is -3.54. The third kappa shape index (κ3) is 4.97. The lowest BCUT2D eigenvalue weighted by molar-refractivity contribution is 0.687. The normalized spacial score (nSPS) is 11.7. The number of hydrogen-bond acceptors (Lipinski definition) is 2. The van der Waals surface area contributed by atoms with Crippen LogP contribution in [0.4, 0.5) is 0 Å².